The number of para-hydroxylation sites is 1. The summed E-state index contributed by atoms with van der Waals surface area (Å²) in [6.07, 6.45) is 2.21. The number of ketones is 1. The van der Waals surface area contributed by atoms with Crippen molar-refractivity contribution in [2.75, 3.05) is 5.32 Å². The maximum atomic E-state index is 12.8. The van der Waals surface area contributed by atoms with Gasteiger partial charge in [-0.3, -0.25) is 9.59 Å². The molecule has 2 unspecified atom stereocenters. The number of carbonyl (C=O) groups excluding carboxylic acids is 2. The van der Waals surface area contributed by atoms with Crippen molar-refractivity contribution < 1.29 is 9.59 Å². The summed E-state index contributed by atoms with van der Waals surface area (Å²) >= 11 is 3.43. The molecule has 2 bridgehead atoms. The van der Waals surface area contributed by atoms with Crippen LogP contribution in [0.1, 0.15) is 33.1 Å². The molecule has 0 aromatic heterocycles. The number of hydrogen-bond acceptors (Lipinski definition) is 2. The van der Waals surface area contributed by atoms with E-state index in [1.54, 1.807) is 0 Å². The van der Waals surface area contributed by atoms with E-state index in [0.717, 1.165) is 16.6 Å². The zero-order valence-corrected chi connectivity index (χ0v) is 13.3. The molecule has 2 aliphatic carbocycles. The molecule has 1 amide bonds. The normalized spacial score (nSPS) is 30.6. The lowest BCUT2D eigenvalue weighted by atomic mass is 9.68. The average Bonchev–Trinajstić information content (AvgIpc) is 2.76. The highest BCUT2D eigenvalue weighted by molar-refractivity contribution is 9.10. The van der Waals surface area contributed by atoms with Gasteiger partial charge in [0.15, 0.2) is 0 Å². The van der Waals surface area contributed by atoms with Gasteiger partial charge >= 0.3 is 0 Å². The first kappa shape index (κ1) is 13.8. The van der Waals surface area contributed by atoms with Gasteiger partial charge in [0.05, 0.1) is 5.69 Å². The predicted molar refractivity (Wildman–Crippen MR) is 81.3 cm³/mol. The lowest BCUT2D eigenvalue weighted by Gasteiger charge is -2.35. The van der Waals surface area contributed by atoms with Crippen molar-refractivity contribution in [1.29, 1.82) is 0 Å². The van der Waals surface area contributed by atoms with Crippen LogP contribution in [0, 0.1) is 16.7 Å². The number of halogens is 1. The minimum atomic E-state index is -0.840. The molecule has 0 spiro atoms. The topological polar surface area (TPSA) is 46.2 Å². The Morgan fingerprint density at radius 1 is 1.35 bits per heavy atom. The van der Waals surface area contributed by atoms with Crippen LogP contribution in [0.2, 0.25) is 0 Å². The van der Waals surface area contributed by atoms with Crippen LogP contribution in [-0.4, -0.2) is 11.7 Å². The third-order valence-corrected chi connectivity index (χ3v) is 6.10. The van der Waals surface area contributed by atoms with E-state index < -0.39 is 5.41 Å². The minimum Gasteiger partial charge on any atom is -0.324 e. The first-order valence-electron chi connectivity index (χ1n) is 6.99. The number of rotatable bonds is 2. The number of Topliss-reactive ketones (excluding diaryl/α,β-unsaturated/α-hetero) is 1. The summed E-state index contributed by atoms with van der Waals surface area (Å²) in [4.78, 5) is 25.2. The molecule has 2 atom stereocenters. The highest BCUT2D eigenvalue weighted by Gasteiger charge is 2.68. The predicted octanol–water partition coefficient (Wildman–Crippen LogP) is 3.78. The third kappa shape index (κ3) is 1.63. The Morgan fingerprint density at radius 2 is 2.05 bits per heavy atom. The fourth-order valence-corrected chi connectivity index (χ4v) is 4.38. The van der Waals surface area contributed by atoms with Crippen LogP contribution in [0.25, 0.3) is 0 Å². The van der Waals surface area contributed by atoms with Crippen LogP contribution < -0.4 is 5.32 Å². The zero-order valence-electron chi connectivity index (χ0n) is 11.7. The maximum Gasteiger partial charge on any atom is 0.238 e. The number of hydrogen-bond donors (Lipinski definition) is 1. The molecule has 2 saturated carbocycles. The van der Waals surface area contributed by atoms with Crippen molar-refractivity contribution in [2.45, 2.75) is 33.1 Å². The zero-order chi connectivity index (χ0) is 14.5. The Morgan fingerprint density at radius 3 is 2.60 bits per heavy atom. The monoisotopic (exact) mass is 335 g/mol. The number of nitrogens with one attached hydrogen (secondary N) is 1. The summed E-state index contributed by atoms with van der Waals surface area (Å²) in [6, 6.07) is 7.50. The van der Waals surface area contributed by atoms with Crippen molar-refractivity contribution in [3.8, 4) is 0 Å². The Balaban J connectivity index is 1.94. The highest BCUT2D eigenvalue weighted by Crippen LogP contribution is 2.64. The van der Waals surface area contributed by atoms with Gasteiger partial charge in [0.2, 0.25) is 5.91 Å². The smallest absolute Gasteiger partial charge is 0.238 e. The van der Waals surface area contributed by atoms with E-state index in [1.807, 2.05) is 24.3 Å². The molecule has 0 aliphatic heterocycles. The Bertz CT molecular complexity index is 596. The van der Waals surface area contributed by atoms with Crippen LogP contribution in [-0.2, 0) is 9.59 Å². The first-order chi connectivity index (χ1) is 9.39. The molecule has 0 radical (unpaired) electrons. The molecule has 4 heteroatoms. The number of amides is 1. The second-order valence-electron chi connectivity index (χ2n) is 6.42. The lowest BCUT2D eigenvalue weighted by Crippen LogP contribution is -2.46. The van der Waals surface area contributed by atoms with Gasteiger partial charge in [-0.15, -0.1) is 0 Å². The molecule has 106 valence electrons. The van der Waals surface area contributed by atoms with E-state index in [1.165, 1.54) is 0 Å². The van der Waals surface area contributed by atoms with Crippen molar-refractivity contribution in [3.63, 3.8) is 0 Å². The quantitative estimate of drug-likeness (QED) is 0.836. The van der Waals surface area contributed by atoms with Crippen LogP contribution >= 0.6 is 15.9 Å². The largest absolute Gasteiger partial charge is 0.324 e. The van der Waals surface area contributed by atoms with E-state index in [4.69, 9.17) is 0 Å². The first-order valence-corrected chi connectivity index (χ1v) is 7.78. The number of carbonyl (C=O) groups is 2. The van der Waals surface area contributed by atoms with Gasteiger partial charge < -0.3 is 5.32 Å². The van der Waals surface area contributed by atoms with Crippen molar-refractivity contribution in [1.82, 2.24) is 0 Å². The van der Waals surface area contributed by atoms with E-state index in [2.05, 4.69) is 35.1 Å². The van der Waals surface area contributed by atoms with Gasteiger partial charge in [0.25, 0.3) is 0 Å². The van der Waals surface area contributed by atoms with E-state index in [0.29, 0.717) is 18.8 Å². The fraction of sp³-hybridized carbons (Fsp3) is 0.500. The molecule has 3 nitrogen and oxygen atoms in total. The number of benzene rings is 1. The highest BCUT2D eigenvalue weighted by atomic mass is 79.9. The molecule has 1 aromatic carbocycles. The van der Waals surface area contributed by atoms with Crippen LogP contribution in [0.5, 0.6) is 0 Å². The summed E-state index contributed by atoms with van der Waals surface area (Å²) in [7, 11) is 0. The Labute approximate surface area is 127 Å². The average molecular weight is 336 g/mol. The molecular weight excluding hydrogens is 318 g/mol. The molecule has 20 heavy (non-hydrogen) atoms. The van der Waals surface area contributed by atoms with Gasteiger partial charge in [-0.1, -0.05) is 26.0 Å². The minimum absolute atomic E-state index is 0.114. The van der Waals surface area contributed by atoms with E-state index >= 15 is 0 Å². The SMILES string of the molecule is CC1(C)C2CCC1(C(=O)Nc1ccccc1Br)C(=O)C2. The molecule has 1 aromatic rings. The van der Waals surface area contributed by atoms with Crippen molar-refractivity contribution in [2.24, 2.45) is 16.7 Å². The number of fused-ring (bicyclic) bond motifs is 2. The summed E-state index contributed by atoms with van der Waals surface area (Å²) < 4.78 is 0.836. The van der Waals surface area contributed by atoms with Gasteiger partial charge in [-0.2, -0.15) is 0 Å². The van der Waals surface area contributed by atoms with Crippen LogP contribution in [0.15, 0.2) is 28.7 Å². The molecule has 1 N–H and O–H groups in total. The molecule has 3 rings (SSSR count). The van der Waals surface area contributed by atoms with Crippen molar-refractivity contribution in [3.05, 3.63) is 28.7 Å². The summed E-state index contributed by atoms with van der Waals surface area (Å²) in [5.74, 6) is 0.322. The van der Waals surface area contributed by atoms with Gasteiger partial charge in [0.1, 0.15) is 11.2 Å². The van der Waals surface area contributed by atoms with E-state index in [-0.39, 0.29) is 17.1 Å². The Kier molecular flexibility index (Phi) is 3.05. The Hall–Kier alpha value is -1.16. The van der Waals surface area contributed by atoms with Gasteiger partial charge in [-0.25, -0.2) is 0 Å². The standard InChI is InChI=1S/C16H18BrNO2/c1-15(2)10-7-8-16(15,13(19)9-10)14(20)18-12-6-4-3-5-11(12)17/h3-6,10H,7-9H2,1-2H3,(H,18,20). The van der Waals surface area contributed by atoms with Gasteiger partial charge in [0, 0.05) is 10.9 Å². The molecule has 0 saturated heterocycles. The third-order valence-electron chi connectivity index (χ3n) is 5.41. The second-order valence-corrected chi connectivity index (χ2v) is 7.28. The summed E-state index contributed by atoms with van der Waals surface area (Å²) in [5.41, 5.74) is -0.353. The molecule has 2 aliphatic rings. The molecule has 0 heterocycles. The molecular formula is C16H18BrNO2. The summed E-state index contributed by atoms with van der Waals surface area (Å²) in [5, 5.41) is 2.95. The maximum absolute atomic E-state index is 12.8. The lowest BCUT2D eigenvalue weighted by molar-refractivity contribution is -0.141. The van der Waals surface area contributed by atoms with E-state index in [9.17, 15) is 9.59 Å². The second kappa shape index (κ2) is 4.42. The van der Waals surface area contributed by atoms with Crippen LogP contribution in [0.4, 0.5) is 5.69 Å². The molecule has 2 fully saturated rings. The fourth-order valence-electron chi connectivity index (χ4n) is 4.00. The van der Waals surface area contributed by atoms with Crippen LogP contribution in [0.3, 0.4) is 0 Å². The summed E-state index contributed by atoms with van der Waals surface area (Å²) in [6.45, 7) is 4.13. The van der Waals surface area contributed by atoms with Crippen molar-refractivity contribution >= 4 is 33.3 Å². The number of anilines is 1. The van der Waals surface area contributed by atoms with Gasteiger partial charge in [-0.05, 0) is 52.2 Å².